The fraction of sp³-hybridized carbons (Fsp3) is 0.909. The van der Waals surface area contributed by atoms with E-state index in [0.29, 0.717) is 5.41 Å². The number of carbonyl (C=O) groups is 1. The minimum Gasteiger partial charge on any atom is -0.453 e. The topological polar surface area (TPSA) is 41.6 Å². The van der Waals surface area contributed by atoms with Gasteiger partial charge in [0.2, 0.25) is 0 Å². The van der Waals surface area contributed by atoms with Gasteiger partial charge in [0.05, 0.1) is 7.11 Å². The number of methoxy groups -OCH3 is 1. The molecular formula is C11H20N2O2. The molecule has 15 heavy (non-hydrogen) atoms. The van der Waals surface area contributed by atoms with E-state index < -0.39 is 0 Å². The van der Waals surface area contributed by atoms with Gasteiger partial charge in [-0.1, -0.05) is 0 Å². The number of nitrogens with one attached hydrogen (secondary N) is 1. The maximum atomic E-state index is 11.5. The Morgan fingerprint density at radius 1 is 1.40 bits per heavy atom. The highest BCUT2D eigenvalue weighted by Gasteiger charge is 2.38. The molecule has 1 atom stereocenters. The van der Waals surface area contributed by atoms with E-state index >= 15 is 0 Å². The molecule has 86 valence electrons. The van der Waals surface area contributed by atoms with Crippen LogP contribution in [0.3, 0.4) is 0 Å². The van der Waals surface area contributed by atoms with Crippen LogP contribution in [-0.4, -0.2) is 44.3 Å². The van der Waals surface area contributed by atoms with Crippen LogP contribution in [0.5, 0.6) is 0 Å². The van der Waals surface area contributed by atoms with Gasteiger partial charge in [-0.25, -0.2) is 4.79 Å². The van der Waals surface area contributed by atoms with E-state index in [1.807, 2.05) is 4.90 Å². The lowest BCUT2D eigenvalue weighted by molar-refractivity contribution is 0.0526. The Labute approximate surface area is 91.0 Å². The molecule has 0 aromatic heterocycles. The molecule has 0 aliphatic carbocycles. The van der Waals surface area contributed by atoms with Crippen LogP contribution >= 0.6 is 0 Å². The van der Waals surface area contributed by atoms with Crippen molar-refractivity contribution in [3.63, 3.8) is 0 Å². The third-order valence-corrected chi connectivity index (χ3v) is 3.65. The largest absolute Gasteiger partial charge is 0.453 e. The van der Waals surface area contributed by atoms with Crippen LogP contribution in [0.15, 0.2) is 0 Å². The van der Waals surface area contributed by atoms with Crippen LogP contribution < -0.4 is 5.32 Å². The van der Waals surface area contributed by atoms with Gasteiger partial charge in [-0.3, -0.25) is 0 Å². The molecule has 1 amide bonds. The van der Waals surface area contributed by atoms with Crippen LogP contribution in [-0.2, 0) is 4.74 Å². The lowest BCUT2D eigenvalue weighted by Crippen LogP contribution is -2.52. The van der Waals surface area contributed by atoms with Gasteiger partial charge >= 0.3 is 6.09 Å². The summed E-state index contributed by atoms with van der Waals surface area (Å²) in [6.07, 6.45) is 4.66. The molecule has 1 unspecified atom stereocenters. The second-order valence-electron chi connectivity index (χ2n) is 4.78. The minimum atomic E-state index is -0.167. The minimum absolute atomic E-state index is 0.167. The summed E-state index contributed by atoms with van der Waals surface area (Å²) in [6, 6.07) is 0. The molecule has 2 aliphatic rings. The first-order valence-corrected chi connectivity index (χ1v) is 5.79. The van der Waals surface area contributed by atoms with Gasteiger partial charge in [-0.05, 0) is 32.2 Å². The summed E-state index contributed by atoms with van der Waals surface area (Å²) in [4.78, 5) is 13.3. The highest BCUT2D eigenvalue weighted by molar-refractivity contribution is 5.67. The van der Waals surface area contributed by atoms with E-state index in [0.717, 1.165) is 32.6 Å². The molecule has 2 fully saturated rings. The Hall–Kier alpha value is -0.770. The zero-order valence-electron chi connectivity index (χ0n) is 9.42. The molecule has 2 saturated heterocycles. The van der Waals surface area contributed by atoms with Crippen molar-refractivity contribution < 1.29 is 9.53 Å². The standard InChI is InChI=1S/C11H20N2O2/c1-15-10(14)13-7-3-5-11(9-13)4-2-6-12-8-11/h12H,2-9H2,1H3. The molecule has 2 heterocycles. The maximum Gasteiger partial charge on any atom is 0.409 e. The molecule has 1 spiro atoms. The number of rotatable bonds is 0. The molecule has 1 N–H and O–H groups in total. The first-order chi connectivity index (χ1) is 7.26. The first-order valence-electron chi connectivity index (χ1n) is 5.79. The predicted molar refractivity (Wildman–Crippen MR) is 57.7 cm³/mol. The smallest absolute Gasteiger partial charge is 0.409 e. The van der Waals surface area contributed by atoms with Crippen molar-refractivity contribution in [1.82, 2.24) is 10.2 Å². The molecule has 4 nitrogen and oxygen atoms in total. The van der Waals surface area contributed by atoms with Crippen molar-refractivity contribution in [3.05, 3.63) is 0 Å². The molecule has 0 aromatic carbocycles. The van der Waals surface area contributed by atoms with E-state index in [9.17, 15) is 4.79 Å². The van der Waals surface area contributed by atoms with Gasteiger partial charge in [0.15, 0.2) is 0 Å². The van der Waals surface area contributed by atoms with Crippen molar-refractivity contribution in [1.29, 1.82) is 0 Å². The van der Waals surface area contributed by atoms with Crippen molar-refractivity contribution in [3.8, 4) is 0 Å². The number of ether oxygens (including phenoxy) is 1. The molecule has 0 bridgehead atoms. The van der Waals surface area contributed by atoms with Crippen molar-refractivity contribution in [2.24, 2.45) is 5.41 Å². The number of carbonyl (C=O) groups excluding carboxylic acids is 1. The Morgan fingerprint density at radius 3 is 2.87 bits per heavy atom. The molecule has 2 aliphatic heterocycles. The summed E-state index contributed by atoms with van der Waals surface area (Å²) < 4.78 is 4.79. The van der Waals surface area contributed by atoms with E-state index in [2.05, 4.69) is 5.32 Å². The van der Waals surface area contributed by atoms with Gasteiger partial charge in [0.1, 0.15) is 0 Å². The number of hydrogen-bond acceptors (Lipinski definition) is 3. The van der Waals surface area contributed by atoms with E-state index in [1.165, 1.54) is 26.4 Å². The number of likely N-dealkylation sites (tertiary alicyclic amines) is 1. The summed E-state index contributed by atoms with van der Waals surface area (Å²) in [5.41, 5.74) is 0.324. The lowest BCUT2D eigenvalue weighted by atomic mass is 9.74. The summed E-state index contributed by atoms with van der Waals surface area (Å²) in [6.45, 7) is 3.90. The Bertz CT molecular complexity index is 231. The predicted octanol–water partition coefficient (Wildman–Crippen LogP) is 1.22. The Balaban J connectivity index is 1.99. The zero-order valence-corrected chi connectivity index (χ0v) is 9.42. The van der Waals surface area contributed by atoms with Crippen molar-refractivity contribution >= 4 is 6.09 Å². The fourth-order valence-electron chi connectivity index (χ4n) is 2.87. The first kappa shape index (κ1) is 10.7. The van der Waals surface area contributed by atoms with Crippen LogP contribution in [0.1, 0.15) is 25.7 Å². The quantitative estimate of drug-likeness (QED) is 0.656. The molecule has 0 aromatic rings. The average molecular weight is 212 g/mol. The van der Waals surface area contributed by atoms with Crippen LogP contribution in [0.4, 0.5) is 4.79 Å². The van der Waals surface area contributed by atoms with Gasteiger partial charge in [-0.15, -0.1) is 0 Å². The van der Waals surface area contributed by atoms with Crippen LogP contribution in [0, 0.1) is 5.41 Å². The zero-order chi connectivity index (χ0) is 10.7. The molecule has 0 saturated carbocycles. The second-order valence-corrected chi connectivity index (χ2v) is 4.78. The summed E-state index contributed by atoms with van der Waals surface area (Å²) >= 11 is 0. The van der Waals surface area contributed by atoms with Crippen LogP contribution in [0.2, 0.25) is 0 Å². The van der Waals surface area contributed by atoms with E-state index in [1.54, 1.807) is 0 Å². The third kappa shape index (κ3) is 2.25. The monoisotopic (exact) mass is 212 g/mol. The van der Waals surface area contributed by atoms with Crippen molar-refractivity contribution in [2.75, 3.05) is 33.3 Å². The highest BCUT2D eigenvalue weighted by Crippen LogP contribution is 2.35. The SMILES string of the molecule is COC(=O)N1CCCC2(CCCNC2)C1. The van der Waals surface area contributed by atoms with Gasteiger partial charge in [0.25, 0.3) is 0 Å². The van der Waals surface area contributed by atoms with Crippen molar-refractivity contribution in [2.45, 2.75) is 25.7 Å². The molecule has 0 radical (unpaired) electrons. The average Bonchev–Trinajstić information content (AvgIpc) is 2.29. The molecule has 4 heteroatoms. The van der Waals surface area contributed by atoms with E-state index in [-0.39, 0.29) is 6.09 Å². The third-order valence-electron chi connectivity index (χ3n) is 3.65. The Morgan fingerprint density at radius 2 is 2.20 bits per heavy atom. The number of nitrogens with zero attached hydrogens (tertiary/aromatic N) is 1. The number of piperidine rings is 2. The Kier molecular flexibility index (Phi) is 3.14. The fourth-order valence-corrected chi connectivity index (χ4v) is 2.87. The normalized spacial score (nSPS) is 31.7. The van der Waals surface area contributed by atoms with Crippen LogP contribution in [0.25, 0.3) is 0 Å². The molecular weight excluding hydrogens is 192 g/mol. The second kappa shape index (κ2) is 4.39. The van der Waals surface area contributed by atoms with E-state index in [4.69, 9.17) is 4.74 Å². The van der Waals surface area contributed by atoms with Gasteiger partial charge in [0, 0.05) is 25.0 Å². The summed E-state index contributed by atoms with van der Waals surface area (Å²) in [5.74, 6) is 0. The maximum absolute atomic E-state index is 11.5. The number of amides is 1. The lowest BCUT2D eigenvalue weighted by Gasteiger charge is -2.44. The van der Waals surface area contributed by atoms with Gasteiger partial charge < -0.3 is 15.0 Å². The number of hydrogen-bond donors (Lipinski definition) is 1. The van der Waals surface area contributed by atoms with Gasteiger partial charge in [-0.2, -0.15) is 0 Å². The highest BCUT2D eigenvalue weighted by atomic mass is 16.5. The summed E-state index contributed by atoms with van der Waals surface area (Å²) in [7, 11) is 1.46. The molecule has 2 rings (SSSR count). The summed E-state index contributed by atoms with van der Waals surface area (Å²) in [5, 5.41) is 3.44.